The molecule has 0 fully saturated rings. The summed E-state index contributed by atoms with van der Waals surface area (Å²) in [6.45, 7) is 3.65. The van der Waals surface area contributed by atoms with Crippen LogP contribution in [0.1, 0.15) is 43.9 Å². The third-order valence-corrected chi connectivity index (χ3v) is 8.33. The van der Waals surface area contributed by atoms with Crippen LogP contribution in [0.4, 0.5) is 17.6 Å². The second-order valence-electron chi connectivity index (χ2n) is 8.45. The maximum atomic E-state index is 13.3. The van der Waals surface area contributed by atoms with Crippen molar-refractivity contribution in [2.45, 2.75) is 45.2 Å². The minimum Gasteiger partial charge on any atom is -0.237 e. The van der Waals surface area contributed by atoms with E-state index in [1.807, 2.05) is 6.92 Å². The van der Waals surface area contributed by atoms with E-state index in [2.05, 4.69) is 5.10 Å². The molecule has 2 aliphatic carbocycles. The number of fused-ring (bicyclic) bond motifs is 1. The molecule has 2 aliphatic rings. The standard InChI is InChI=1S/C22H25F4N3O2S/c1-3-28(32(30,31)13-22(24,25)26)12-16-5-4-15-10-20-19(14(2)21(15)16)11-27-29(20)18-8-6-17(23)7-9-18/h6-9,11,14,16H,3-5,10,12-13H2,1-2H3/t14-,16+/m0/s1. The first kappa shape index (κ1) is 23.0. The zero-order valence-corrected chi connectivity index (χ0v) is 18.7. The Morgan fingerprint density at radius 3 is 2.53 bits per heavy atom. The molecule has 0 radical (unpaired) electrons. The zero-order valence-electron chi connectivity index (χ0n) is 17.9. The molecule has 32 heavy (non-hydrogen) atoms. The van der Waals surface area contributed by atoms with Gasteiger partial charge in [-0.1, -0.05) is 25.0 Å². The second kappa shape index (κ2) is 8.30. The topological polar surface area (TPSA) is 55.2 Å². The highest BCUT2D eigenvalue weighted by atomic mass is 32.2. The van der Waals surface area contributed by atoms with Gasteiger partial charge in [0, 0.05) is 31.0 Å². The van der Waals surface area contributed by atoms with E-state index in [4.69, 9.17) is 0 Å². The van der Waals surface area contributed by atoms with Crippen LogP contribution in [0, 0.1) is 11.7 Å². The number of halogens is 4. The minimum absolute atomic E-state index is 0.000340. The molecule has 2 aromatic rings. The van der Waals surface area contributed by atoms with Gasteiger partial charge in [0.25, 0.3) is 0 Å². The normalized spacial score (nSPS) is 21.2. The summed E-state index contributed by atoms with van der Waals surface area (Å²) in [5.74, 6) is -2.30. The van der Waals surface area contributed by atoms with E-state index < -0.39 is 22.0 Å². The minimum atomic E-state index is -4.77. The van der Waals surface area contributed by atoms with Crippen molar-refractivity contribution in [3.8, 4) is 5.69 Å². The third kappa shape index (κ3) is 4.34. The number of nitrogens with zero attached hydrogens (tertiary/aromatic N) is 3. The molecule has 1 aromatic carbocycles. The van der Waals surface area contributed by atoms with E-state index in [9.17, 15) is 26.0 Å². The van der Waals surface area contributed by atoms with Gasteiger partial charge >= 0.3 is 6.18 Å². The van der Waals surface area contributed by atoms with E-state index in [0.29, 0.717) is 12.8 Å². The monoisotopic (exact) mass is 471 g/mol. The fourth-order valence-electron chi connectivity index (χ4n) is 5.06. The first-order chi connectivity index (χ1) is 15.0. The van der Waals surface area contributed by atoms with Gasteiger partial charge in [0.15, 0.2) is 5.75 Å². The van der Waals surface area contributed by atoms with Crippen LogP contribution in [0.5, 0.6) is 0 Å². The molecule has 0 bridgehead atoms. The number of rotatable bonds is 6. The average Bonchev–Trinajstić information content (AvgIpc) is 3.29. The summed E-state index contributed by atoms with van der Waals surface area (Å²) in [5.41, 5.74) is 5.11. The lowest BCUT2D eigenvalue weighted by Crippen LogP contribution is -2.40. The lowest BCUT2D eigenvalue weighted by Gasteiger charge is -2.30. The van der Waals surface area contributed by atoms with Gasteiger partial charge in [0.1, 0.15) is 5.82 Å². The van der Waals surface area contributed by atoms with E-state index in [0.717, 1.165) is 33.2 Å². The summed E-state index contributed by atoms with van der Waals surface area (Å²) in [5, 5.41) is 4.49. The number of allylic oxidation sites excluding steroid dienone is 1. The highest BCUT2D eigenvalue weighted by molar-refractivity contribution is 7.89. The molecule has 5 nitrogen and oxygen atoms in total. The van der Waals surface area contributed by atoms with Gasteiger partial charge in [-0.25, -0.2) is 21.8 Å². The molecular formula is C22H25F4N3O2S. The van der Waals surface area contributed by atoms with Crippen molar-refractivity contribution in [1.82, 2.24) is 14.1 Å². The number of benzene rings is 1. The highest BCUT2D eigenvalue weighted by Crippen LogP contribution is 2.47. The first-order valence-corrected chi connectivity index (χ1v) is 12.2. The van der Waals surface area contributed by atoms with Crippen LogP contribution in [-0.4, -0.2) is 47.5 Å². The lowest BCUT2D eigenvalue weighted by atomic mass is 9.80. The fraction of sp³-hybridized carbons (Fsp3) is 0.500. The van der Waals surface area contributed by atoms with Crippen molar-refractivity contribution >= 4 is 10.0 Å². The van der Waals surface area contributed by atoms with E-state index in [1.165, 1.54) is 17.7 Å². The molecule has 1 aromatic heterocycles. The molecule has 0 aliphatic heterocycles. The van der Waals surface area contributed by atoms with Crippen molar-refractivity contribution in [2.24, 2.45) is 5.92 Å². The van der Waals surface area contributed by atoms with Crippen molar-refractivity contribution in [1.29, 1.82) is 0 Å². The van der Waals surface area contributed by atoms with E-state index >= 15 is 0 Å². The summed E-state index contributed by atoms with van der Waals surface area (Å²) in [6, 6.07) is 6.10. The molecule has 0 amide bonds. The molecule has 0 unspecified atom stereocenters. The summed E-state index contributed by atoms with van der Waals surface area (Å²) in [4.78, 5) is 0. The molecule has 174 valence electrons. The van der Waals surface area contributed by atoms with Gasteiger partial charge in [0.2, 0.25) is 10.0 Å². The quantitative estimate of drug-likeness (QED) is 0.457. The highest BCUT2D eigenvalue weighted by Gasteiger charge is 2.41. The second-order valence-corrected chi connectivity index (χ2v) is 10.4. The zero-order chi connectivity index (χ0) is 23.3. The lowest BCUT2D eigenvalue weighted by molar-refractivity contribution is -0.107. The van der Waals surface area contributed by atoms with E-state index in [1.54, 1.807) is 29.9 Å². The molecule has 0 saturated heterocycles. The van der Waals surface area contributed by atoms with Gasteiger partial charge in [0.05, 0.1) is 17.6 Å². The molecule has 2 atom stereocenters. The summed E-state index contributed by atoms with van der Waals surface area (Å²) >= 11 is 0. The number of sulfonamides is 1. The first-order valence-electron chi connectivity index (χ1n) is 10.6. The fourth-order valence-corrected chi connectivity index (χ4v) is 6.46. The molecular weight excluding hydrogens is 446 g/mol. The Morgan fingerprint density at radius 2 is 1.91 bits per heavy atom. The van der Waals surface area contributed by atoms with Gasteiger partial charge < -0.3 is 0 Å². The predicted molar refractivity (Wildman–Crippen MR) is 112 cm³/mol. The Hall–Kier alpha value is -2.20. The third-order valence-electron chi connectivity index (χ3n) is 6.45. The van der Waals surface area contributed by atoms with Crippen LogP contribution in [-0.2, 0) is 16.4 Å². The number of hydrogen-bond acceptors (Lipinski definition) is 3. The Kier molecular flexibility index (Phi) is 5.96. The molecule has 10 heteroatoms. The molecule has 0 saturated carbocycles. The van der Waals surface area contributed by atoms with Gasteiger partial charge in [-0.05, 0) is 43.0 Å². The molecule has 4 rings (SSSR count). The van der Waals surface area contributed by atoms with Crippen LogP contribution in [0.2, 0.25) is 0 Å². The largest absolute Gasteiger partial charge is 0.404 e. The summed E-state index contributed by atoms with van der Waals surface area (Å²) in [7, 11) is -4.43. The average molecular weight is 472 g/mol. The molecule has 0 N–H and O–H groups in total. The van der Waals surface area contributed by atoms with Crippen molar-refractivity contribution in [3.63, 3.8) is 0 Å². The maximum absolute atomic E-state index is 13.3. The van der Waals surface area contributed by atoms with Crippen LogP contribution >= 0.6 is 0 Å². The van der Waals surface area contributed by atoms with Crippen LogP contribution in [0.25, 0.3) is 5.69 Å². The Balaban J connectivity index is 1.59. The van der Waals surface area contributed by atoms with Crippen LogP contribution < -0.4 is 0 Å². The summed E-state index contributed by atoms with van der Waals surface area (Å²) in [6.07, 6.45) is -0.865. The molecule has 1 heterocycles. The van der Waals surface area contributed by atoms with Crippen LogP contribution in [0.15, 0.2) is 41.6 Å². The van der Waals surface area contributed by atoms with Gasteiger partial charge in [-0.15, -0.1) is 0 Å². The predicted octanol–water partition coefficient (Wildman–Crippen LogP) is 4.59. The number of hydrogen-bond donors (Lipinski definition) is 0. The van der Waals surface area contributed by atoms with Crippen LogP contribution in [0.3, 0.4) is 0 Å². The van der Waals surface area contributed by atoms with Crippen molar-refractivity contribution < 1.29 is 26.0 Å². The van der Waals surface area contributed by atoms with Gasteiger partial charge in [-0.2, -0.15) is 18.3 Å². The Morgan fingerprint density at radius 1 is 1.22 bits per heavy atom. The molecule has 0 spiro atoms. The Labute approximate surface area is 184 Å². The Bertz CT molecular complexity index is 1140. The number of alkyl halides is 3. The SMILES string of the molecule is CCN(C[C@H]1CCC2=C1[C@@H](C)c1cnn(-c3ccc(F)cc3)c1C2)S(=O)(=O)CC(F)(F)F. The van der Waals surface area contributed by atoms with Crippen molar-refractivity contribution in [2.75, 3.05) is 18.8 Å². The van der Waals surface area contributed by atoms with Crippen molar-refractivity contribution in [3.05, 3.63) is 58.7 Å². The summed E-state index contributed by atoms with van der Waals surface area (Å²) < 4.78 is 79.1. The maximum Gasteiger partial charge on any atom is 0.404 e. The van der Waals surface area contributed by atoms with Gasteiger partial charge in [-0.3, -0.25) is 0 Å². The number of aromatic nitrogens is 2. The smallest absolute Gasteiger partial charge is 0.237 e. The van der Waals surface area contributed by atoms with E-state index in [-0.39, 0.29) is 30.7 Å².